The van der Waals surface area contributed by atoms with Gasteiger partial charge in [0.25, 0.3) is 22.9 Å². The molecule has 4 heterocycles. The Morgan fingerprint density at radius 2 is 1.03 bits per heavy atom. The van der Waals surface area contributed by atoms with E-state index >= 15 is 8.78 Å². The number of carbonyl (C=O) groups is 2. The Labute approximate surface area is 372 Å². The van der Waals surface area contributed by atoms with E-state index in [0.717, 1.165) is 35.2 Å². The molecule has 4 aromatic carbocycles. The van der Waals surface area contributed by atoms with Gasteiger partial charge in [0, 0.05) is 20.0 Å². The number of alkyl halides is 3. The predicted molar refractivity (Wildman–Crippen MR) is 233 cm³/mol. The van der Waals surface area contributed by atoms with Crippen LogP contribution in [0.4, 0.5) is 24.5 Å². The minimum absolute atomic E-state index is 0.0356. The Morgan fingerprint density at radius 1 is 0.636 bits per heavy atom. The summed E-state index contributed by atoms with van der Waals surface area (Å²) >= 11 is 0. The Bertz CT molecular complexity index is 2950. The van der Waals surface area contributed by atoms with Crippen molar-refractivity contribution in [3.05, 3.63) is 212 Å². The Kier molecular flexibility index (Phi) is 13.6. The van der Waals surface area contributed by atoms with Crippen LogP contribution in [-0.4, -0.2) is 58.1 Å². The van der Waals surface area contributed by atoms with Crippen molar-refractivity contribution in [2.45, 2.75) is 23.7 Å². The molecule has 1 unspecified atom stereocenters. The fourth-order valence-corrected chi connectivity index (χ4v) is 7.37. The fraction of sp³-hybridized carbons (Fsp3) is 0.149. The smallest absolute Gasteiger partial charge is 0.315 e. The number of aromatic nitrogens is 6. The SMILES string of the molecule is Cn1c(C(CF)C(c2ccccc2)c2ccccc2)nc(C(=O)Nc2cnoc2)c(O)c1=O.Cn1c(C(F)(F)C(c2ccccc2)c2ccccc2)nc(C(=O)Nc2cnoc2)c(O)c1=O. The zero-order valence-electron chi connectivity index (χ0n) is 35.0. The van der Waals surface area contributed by atoms with Crippen LogP contribution in [0.3, 0.4) is 0 Å². The van der Waals surface area contributed by atoms with E-state index in [0.29, 0.717) is 4.57 Å². The average Bonchev–Trinajstić information content (AvgIpc) is 4.06. The molecule has 0 saturated heterocycles. The molecule has 8 aromatic rings. The van der Waals surface area contributed by atoms with Gasteiger partial charge in [-0.15, -0.1) is 0 Å². The van der Waals surface area contributed by atoms with Gasteiger partial charge < -0.3 is 29.9 Å². The number of anilines is 2. The van der Waals surface area contributed by atoms with Gasteiger partial charge in [-0.25, -0.2) is 9.97 Å². The molecule has 19 heteroatoms. The molecule has 0 aliphatic rings. The van der Waals surface area contributed by atoms with Crippen molar-refractivity contribution in [2.75, 3.05) is 17.3 Å². The van der Waals surface area contributed by atoms with Gasteiger partial charge >= 0.3 is 5.92 Å². The lowest BCUT2D eigenvalue weighted by Gasteiger charge is -2.28. The summed E-state index contributed by atoms with van der Waals surface area (Å²) in [5.41, 5.74) is -0.852. The highest BCUT2D eigenvalue weighted by molar-refractivity contribution is 6.05. The van der Waals surface area contributed by atoms with E-state index in [9.17, 15) is 33.8 Å². The van der Waals surface area contributed by atoms with Crippen molar-refractivity contribution >= 4 is 23.2 Å². The molecule has 4 aromatic heterocycles. The molecule has 0 fully saturated rings. The fourth-order valence-electron chi connectivity index (χ4n) is 7.37. The topological polar surface area (TPSA) is 220 Å². The Morgan fingerprint density at radius 3 is 1.42 bits per heavy atom. The highest BCUT2D eigenvalue weighted by Crippen LogP contribution is 2.45. The van der Waals surface area contributed by atoms with Crippen LogP contribution in [0, 0.1) is 0 Å². The van der Waals surface area contributed by atoms with Crippen molar-refractivity contribution in [3.8, 4) is 11.5 Å². The highest BCUT2D eigenvalue weighted by Gasteiger charge is 2.47. The zero-order valence-corrected chi connectivity index (χ0v) is 35.0. The minimum atomic E-state index is -3.74. The van der Waals surface area contributed by atoms with Crippen LogP contribution < -0.4 is 21.8 Å². The molecule has 0 saturated carbocycles. The molecule has 1 atom stereocenters. The van der Waals surface area contributed by atoms with Gasteiger partial charge in [0.15, 0.2) is 17.2 Å². The van der Waals surface area contributed by atoms with Crippen LogP contribution in [0.25, 0.3) is 0 Å². The number of nitrogens with zero attached hydrogens (tertiary/aromatic N) is 6. The number of benzene rings is 4. The molecular formula is C47H39F3N8O8. The molecule has 66 heavy (non-hydrogen) atoms. The number of amides is 2. The van der Waals surface area contributed by atoms with Crippen LogP contribution in [-0.2, 0) is 20.0 Å². The van der Waals surface area contributed by atoms with Crippen molar-refractivity contribution in [3.63, 3.8) is 0 Å². The first-order chi connectivity index (χ1) is 31.8. The van der Waals surface area contributed by atoms with Gasteiger partial charge in [-0.1, -0.05) is 132 Å². The van der Waals surface area contributed by atoms with Crippen molar-refractivity contribution in [2.24, 2.45) is 14.1 Å². The van der Waals surface area contributed by atoms with Gasteiger partial charge in [-0.2, -0.15) is 8.78 Å². The third kappa shape index (κ3) is 9.49. The third-order valence-corrected chi connectivity index (χ3v) is 10.5. The van der Waals surface area contributed by atoms with Crippen molar-refractivity contribution < 1.29 is 42.0 Å². The van der Waals surface area contributed by atoms with Crippen LogP contribution in [0.1, 0.15) is 72.6 Å². The molecule has 8 rings (SSSR count). The van der Waals surface area contributed by atoms with Crippen LogP contribution >= 0.6 is 0 Å². The highest BCUT2D eigenvalue weighted by atomic mass is 19.3. The summed E-state index contributed by atoms with van der Waals surface area (Å²) in [5.74, 6) is -11.4. The Hall–Kier alpha value is -8.61. The normalized spacial score (nSPS) is 11.7. The first kappa shape index (κ1) is 45.4. The minimum Gasteiger partial charge on any atom is -0.501 e. The molecule has 0 bridgehead atoms. The van der Waals surface area contributed by atoms with Crippen LogP contribution in [0.5, 0.6) is 11.5 Å². The summed E-state index contributed by atoms with van der Waals surface area (Å²) in [6.45, 7) is -0.855. The summed E-state index contributed by atoms with van der Waals surface area (Å²) in [6, 6.07) is 34.7. The van der Waals surface area contributed by atoms with Crippen LogP contribution in [0.2, 0.25) is 0 Å². The molecule has 0 aliphatic heterocycles. The van der Waals surface area contributed by atoms with Crippen molar-refractivity contribution in [1.29, 1.82) is 0 Å². The maximum absolute atomic E-state index is 16.1. The zero-order chi connectivity index (χ0) is 47.0. The molecule has 0 radical (unpaired) electrons. The third-order valence-electron chi connectivity index (χ3n) is 10.5. The standard InChI is InChI=1S/C24H21FN4O4.C23H18F2N4O4/c1-29-22(28-20(21(30)24(29)32)23(31)27-17-13-26-33-14-17)18(12-25)19(15-8-4-2-5-9-15)16-10-6-3-7-11-16;1-29-21(32)19(30)18(20(31)27-16-12-26-33-13-16)28-22(29)23(24,25)17(14-8-4-2-5-9-14)15-10-6-3-7-11-15/h2-11,13-14,18-19,30H,12H2,1H3,(H,27,31);2-13,17,30H,1H3,(H,27,31). The second-order valence-corrected chi connectivity index (χ2v) is 14.7. The van der Waals surface area contributed by atoms with E-state index in [1.165, 1.54) is 19.5 Å². The lowest BCUT2D eigenvalue weighted by atomic mass is 9.80. The molecule has 16 nitrogen and oxygen atoms in total. The number of rotatable bonds is 13. The second-order valence-electron chi connectivity index (χ2n) is 14.7. The van der Waals surface area contributed by atoms with Gasteiger partial charge in [-0.3, -0.25) is 32.7 Å². The maximum atomic E-state index is 16.1. The number of aromatic hydroxyl groups is 2. The monoisotopic (exact) mass is 900 g/mol. The average molecular weight is 901 g/mol. The molecule has 0 aliphatic carbocycles. The van der Waals surface area contributed by atoms with Crippen molar-refractivity contribution in [1.82, 2.24) is 29.4 Å². The van der Waals surface area contributed by atoms with E-state index in [1.807, 2.05) is 60.7 Å². The largest absolute Gasteiger partial charge is 0.501 e. The summed E-state index contributed by atoms with van der Waals surface area (Å²) in [4.78, 5) is 58.7. The predicted octanol–water partition coefficient (Wildman–Crippen LogP) is 7.26. The van der Waals surface area contributed by atoms with Gasteiger partial charge in [0.05, 0.1) is 24.2 Å². The van der Waals surface area contributed by atoms with Crippen LogP contribution in [0.15, 0.2) is 165 Å². The van der Waals surface area contributed by atoms with E-state index < -0.39 is 82.0 Å². The summed E-state index contributed by atoms with van der Waals surface area (Å²) in [5, 5.41) is 32.2. The Balaban J connectivity index is 0.000000196. The van der Waals surface area contributed by atoms with E-state index in [2.05, 4.69) is 40.0 Å². The summed E-state index contributed by atoms with van der Waals surface area (Å²) in [6.07, 6.45) is 4.68. The lowest BCUT2D eigenvalue weighted by molar-refractivity contribution is -0.0349. The quantitative estimate of drug-likeness (QED) is 0.0898. The lowest BCUT2D eigenvalue weighted by Crippen LogP contribution is -2.36. The van der Waals surface area contributed by atoms with Gasteiger partial charge in [-0.05, 0) is 22.3 Å². The van der Waals surface area contributed by atoms with Gasteiger partial charge in [0.1, 0.15) is 36.4 Å². The molecule has 2 amide bonds. The van der Waals surface area contributed by atoms with Gasteiger partial charge in [0.2, 0.25) is 11.5 Å². The molecule has 0 spiro atoms. The molecule has 336 valence electrons. The number of nitrogens with one attached hydrogen (secondary N) is 2. The van der Waals surface area contributed by atoms with E-state index in [-0.39, 0.29) is 28.3 Å². The first-order valence-electron chi connectivity index (χ1n) is 20.0. The number of carbonyl (C=O) groups excluding carboxylic acids is 2. The summed E-state index contributed by atoms with van der Waals surface area (Å²) < 4.78 is 57.8. The molecule has 4 N–H and O–H groups in total. The van der Waals surface area contributed by atoms with E-state index in [4.69, 9.17) is 0 Å². The number of halogens is 3. The summed E-state index contributed by atoms with van der Waals surface area (Å²) in [7, 11) is 2.45. The maximum Gasteiger partial charge on any atom is 0.315 e. The molecular weight excluding hydrogens is 862 g/mol. The van der Waals surface area contributed by atoms with E-state index in [1.54, 1.807) is 60.7 Å². The first-order valence-corrected chi connectivity index (χ1v) is 20.0. The number of hydrogen-bond donors (Lipinski definition) is 4. The number of hydrogen-bond acceptors (Lipinski definition) is 12. The second kappa shape index (κ2) is 19.8.